The summed E-state index contributed by atoms with van der Waals surface area (Å²) >= 11 is 0. The first-order chi connectivity index (χ1) is 5.66. The molecule has 0 radical (unpaired) electrons. The van der Waals surface area contributed by atoms with Crippen molar-refractivity contribution in [3.63, 3.8) is 0 Å². The Bertz CT molecular complexity index is 150. The van der Waals surface area contributed by atoms with E-state index in [1.165, 1.54) is 0 Å². The van der Waals surface area contributed by atoms with Crippen molar-refractivity contribution in [2.24, 2.45) is 5.11 Å². The van der Waals surface area contributed by atoms with Gasteiger partial charge in [0.2, 0.25) is 0 Å². The molecule has 0 aromatic rings. The third kappa shape index (κ3) is 7.34. The third-order valence-corrected chi connectivity index (χ3v) is 1.57. The molecule has 0 fully saturated rings. The Morgan fingerprint density at radius 3 is 2.33 bits per heavy atom. The summed E-state index contributed by atoms with van der Waals surface area (Å²) < 4.78 is 0. The Labute approximate surface area is 73.6 Å². The minimum Gasteiger partial charge on any atom is -0.308 e. The van der Waals surface area contributed by atoms with E-state index in [-0.39, 0.29) is 0 Å². The van der Waals surface area contributed by atoms with Crippen LogP contribution in [-0.4, -0.2) is 57.1 Å². The van der Waals surface area contributed by atoms with Crippen LogP contribution in [0.2, 0.25) is 0 Å². The molecule has 0 aliphatic heterocycles. The van der Waals surface area contributed by atoms with Gasteiger partial charge in [-0.15, -0.1) is 0 Å². The lowest BCUT2D eigenvalue weighted by atomic mass is 10.5. The second kappa shape index (κ2) is 6.91. The average Bonchev–Trinajstić information content (AvgIpc) is 2.01. The van der Waals surface area contributed by atoms with Crippen LogP contribution in [0.5, 0.6) is 0 Å². The van der Waals surface area contributed by atoms with Crippen LogP contribution in [0.25, 0.3) is 10.4 Å². The summed E-state index contributed by atoms with van der Waals surface area (Å²) in [7, 11) is 6.11. The normalized spacial score (nSPS) is 10.4. The fraction of sp³-hybridized carbons (Fsp3) is 1.00. The number of hydrogen-bond donors (Lipinski definition) is 0. The SMILES string of the molecule is CN(C)CCN(C)CCN=[N+]=[N-]. The van der Waals surface area contributed by atoms with Gasteiger partial charge in [-0.2, -0.15) is 0 Å². The van der Waals surface area contributed by atoms with Crippen LogP contribution in [0.3, 0.4) is 0 Å². The second-order valence-corrected chi connectivity index (χ2v) is 3.06. The molecule has 0 atom stereocenters. The molecule has 0 aromatic heterocycles. The molecule has 0 unspecified atom stereocenters. The van der Waals surface area contributed by atoms with Crippen LogP contribution in [0.1, 0.15) is 0 Å². The maximum Gasteiger partial charge on any atom is 0.0385 e. The van der Waals surface area contributed by atoms with Gasteiger partial charge in [-0.05, 0) is 26.7 Å². The van der Waals surface area contributed by atoms with Gasteiger partial charge in [0.25, 0.3) is 0 Å². The lowest BCUT2D eigenvalue weighted by Gasteiger charge is -2.17. The van der Waals surface area contributed by atoms with Gasteiger partial charge in [-0.3, -0.25) is 0 Å². The number of rotatable bonds is 6. The van der Waals surface area contributed by atoms with E-state index < -0.39 is 0 Å². The van der Waals surface area contributed by atoms with Crippen LogP contribution in [0, 0.1) is 0 Å². The molecule has 0 bridgehead atoms. The van der Waals surface area contributed by atoms with E-state index in [1.807, 2.05) is 21.1 Å². The Morgan fingerprint density at radius 1 is 1.17 bits per heavy atom. The van der Waals surface area contributed by atoms with Crippen LogP contribution in [0.4, 0.5) is 0 Å². The lowest BCUT2D eigenvalue weighted by Crippen LogP contribution is -2.30. The summed E-state index contributed by atoms with van der Waals surface area (Å²) in [6.45, 7) is 3.43. The molecule has 0 saturated carbocycles. The van der Waals surface area contributed by atoms with Crippen LogP contribution >= 0.6 is 0 Å². The molecule has 0 amide bonds. The summed E-state index contributed by atoms with van der Waals surface area (Å²) in [6.07, 6.45) is 0. The quantitative estimate of drug-likeness (QED) is 0.337. The predicted molar refractivity (Wildman–Crippen MR) is 50.1 cm³/mol. The fourth-order valence-corrected chi connectivity index (χ4v) is 0.743. The number of hydrogen-bond acceptors (Lipinski definition) is 3. The van der Waals surface area contributed by atoms with Gasteiger partial charge >= 0.3 is 0 Å². The fourth-order valence-electron chi connectivity index (χ4n) is 0.743. The van der Waals surface area contributed by atoms with Crippen LogP contribution in [0.15, 0.2) is 5.11 Å². The molecule has 0 spiro atoms. The van der Waals surface area contributed by atoms with Crippen molar-refractivity contribution in [3.8, 4) is 0 Å². The van der Waals surface area contributed by atoms with Crippen LogP contribution < -0.4 is 0 Å². The van der Waals surface area contributed by atoms with E-state index >= 15 is 0 Å². The zero-order valence-corrected chi connectivity index (χ0v) is 8.06. The Morgan fingerprint density at radius 2 is 1.83 bits per heavy atom. The number of azide groups is 1. The summed E-state index contributed by atoms with van der Waals surface area (Å²) in [5, 5.41) is 3.46. The topological polar surface area (TPSA) is 55.2 Å². The average molecular weight is 171 g/mol. The zero-order valence-electron chi connectivity index (χ0n) is 8.06. The maximum atomic E-state index is 8.03. The van der Waals surface area contributed by atoms with Crippen LogP contribution in [-0.2, 0) is 0 Å². The van der Waals surface area contributed by atoms with Gasteiger partial charge in [-0.1, -0.05) is 5.11 Å². The molecule has 0 N–H and O–H groups in total. The molecule has 5 heteroatoms. The monoisotopic (exact) mass is 171 g/mol. The zero-order chi connectivity index (χ0) is 9.40. The molecule has 0 aliphatic carbocycles. The maximum absolute atomic E-state index is 8.03. The molecular weight excluding hydrogens is 154 g/mol. The van der Waals surface area contributed by atoms with E-state index in [2.05, 4.69) is 19.8 Å². The Hall–Kier alpha value is -0.770. The minimum atomic E-state index is 0.556. The number of likely N-dealkylation sites (N-methyl/N-ethyl adjacent to an activating group) is 2. The first-order valence-electron chi connectivity index (χ1n) is 4.01. The van der Waals surface area contributed by atoms with Crippen molar-refractivity contribution in [1.82, 2.24) is 9.80 Å². The molecule has 0 aliphatic rings. The first kappa shape index (κ1) is 11.2. The minimum absolute atomic E-state index is 0.556. The molecule has 0 saturated heterocycles. The molecule has 0 aromatic carbocycles. The van der Waals surface area contributed by atoms with Gasteiger partial charge in [0.05, 0.1) is 0 Å². The highest BCUT2D eigenvalue weighted by Crippen LogP contribution is 1.84. The van der Waals surface area contributed by atoms with Crippen molar-refractivity contribution in [1.29, 1.82) is 0 Å². The molecular formula is C7H17N5. The lowest BCUT2D eigenvalue weighted by molar-refractivity contribution is 0.287. The molecule has 12 heavy (non-hydrogen) atoms. The largest absolute Gasteiger partial charge is 0.308 e. The van der Waals surface area contributed by atoms with Crippen molar-refractivity contribution >= 4 is 0 Å². The van der Waals surface area contributed by atoms with Gasteiger partial charge < -0.3 is 9.80 Å². The van der Waals surface area contributed by atoms with Crippen molar-refractivity contribution < 1.29 is 0 Å². The van der Waals surface area contributed by atoms with E-state index in [9.17, 15) is 0 Å². The van der Waals surface area contributed by atoms with E-state index in [0.717, 1.165) is 19.6 Å². The van der Waals surface area contributed by atoms with Crippen molar-refractivity contribution in [2.45, 2.75) is 0 Å². The predicted octanol–water partition coefficient (Wildman–Crippen LogP) is 0.790. The van der Waals surface area contributed by atoms with Crippen molar-refractivity contribution in [3.05, 3.63) is 10.4 Å². The summed E-state index contributed by atoms with van der Waals surface area (Å²) in [6, 6.07) is 0. The standard InChI is InChI=1S/C7H17N5/c1-11(2)6-7-12(3)5-4-9-10-8/h4-7H2,1-3H3. The molecule has 70 valence electrons. The van der Waals surface area contributed by atoms with Gasteiger partial charge in [0.15, 0.2) is 0 Å². The first-order valence-corrected chi connectivity index (χ1v) is 4.01. The highest BCUT2D eigenvalue weighted by Gasteiger charge is 1.96. The van der Waals surface area contributed by atoms with E-state index in [4.69, 9.17) is 5.53 Å². The highest BCUT2D eigenvalue weighted by molar-refractivity contribution is 4.56. The Balaban J connectivity index is 3.32. The summed E-state index contributed by atoms with van der Waals surface area (Å²) in [4.78, 5) is 6.97. The number of nitrogens with zero attached hydrogens (tertiary/aromatic N) is 5. The molecule has 5 nitrogen and oxygen atoms in total. The van der Waals surface area contributed by atoms with Crippen molar-refractivity contribution in [2.75, 3.05) is 47.3 Å². The molecule has 0 heterocycles. The van der Waals surface area contributed by atoms with E-state index in [1.54, 1.807) is 0 Å². The smallest absolute Gasteiger partial charge is 0.0385 e. The summed E-state index contributed by atoms with van der Waals surface area (Å²) in [5.74, 6) is 0. The highest BCUT2D eigenvalue weighted by atomic mass is 15.2. The summed E-state index contributed by atoms with van der Waals surface area (Å²) in [5.41, 5.74) is 8.03. The third-order valence-electron chi connectivity index (χ3n) is 1.57. The molecule has 0 rings (SSSR count). The van der Waals surface area contributed by atoms with Gasteiger partial charge in [0, 0.05) is 31.1 Å². The van der Waals surface area contributed by atoms with Gasteiger partial charge in [0.1, 0.15) is 0 Å². The van der Waals surface area contributed by atoms with E-state index in [0.29, 0.717) is 6.54 Å². The van der Waals surface area contributed by atoms with Gasteiger partial charge in [-0.25, -0.2) is 0 Å². The Kier molecular flexibility index (Phi) is 6.47. The second-order valence-electron chi connectivity index (χ2n) is 3.06.